The van der Waals surface area contributed by atoms with Gasteiger partial charge in [0.15, 0.2) is 5.65 Å². The molecule has 6 nitrogen and oxygen atoms in total. The molecule has 0 bridgehead atoms. The zero-order valence-corrected chi connectivity index (χ0v) is 13.4. The summed E-state index contributed by atoms with van der Waals surface area (Å²) in [5.41, 5.74) is 1.97. The molecule has 1 fully saturated rings. The fourth-order valence-electron chi connectivity index (χ4n) is 3.14. The SMILES string of the molecule is CN1CCN(CCNc2nc3ccnn3c3ccccc23)CC1. The second kappa shape index (κ2) is 6.14. The molecule has 120 valence electrons. The molecule has 23 heavy (non-hydrogen) atoms. The van der Waals surface area contributed by atoms with Gasteiger partial charge in [0, 0.05) is 50.7 Å². The number of nitrogens with zero attached hydrogens (tertiary/aromatic N) is 5. The topological polar surface area (TPSA) is 48.7 Å². The summed E-state index contributed by atoms with van der Waals surface area (Å²) in [6.45, 7) is 6.56. The minimum Gasteiger partial charge on any atom is -0.368 e. The van der Waals surface area contributed by atoms with E-state index >= 15 is 0 Å². The normalized spacial score (nSPS) is 17.1. The molecule has 1 aliphatic rings. The Labute approximate surface area is 135 Å². The van der Waals surface area contributed by atoms with Crippen molar-refractivity contribution in [3.63, 3.8) is 0 Å². The second-order valence-electron chi connectivity index (χ2n) is 6.15. The van der Waals surface area contributed by atoms with Crippen molar-refractivity contribution in [3.8, 4) is 0 Å². The van der Waals surface area contributed by atoms with Crippen LogP contribution in [0.4, 0.5) is 5.82 Å². The third-order valence-electron chi connectivity index (χ3n) is 4.55. The molecule has 1 N–H and O–H groups in total. The van der Waals surface area contributed by atoms with E-state index in [9.17, 15) is 0 Å². The molecule has 0 radical (unpaired) electrons. The van der Waals surface area contributed by atoms with Gasteiger partial charge in [0.2, 0.25) is 0 Å². The maximum Gasteiger partial charge on any atom is 0.158 e. The number of piperazine rings is 1. The molecule has 0 spiro atoms. The Morgan fingerprint density at radius 3 is 2.78 bits per heavy atom. The first kappa shape index (κ1) is 14.4. The summed E-state index contributed by atoms with van der Waals surface area (Å²) in [6, 6.07) is 10.2. The number of hydrogen-bond acceptors (Lipinski definition) is 5. The molecule has 0 amide bonds. The van der Waals surface area contributed by atoms with Gasteiger partial charge in [-0.3, -0.25) is 4.90 Å². The van der Waals surface area contributed by atoms with Crippen LogP contribution in [0, 0.1) is 0 Å². The predicted molar refractivity (Wildman–Crippen MR) is 92.9 cm³/mol. The minimum atomic E-state index is 0.880. The number of para-hydroxylation sites is 1. The van der Waals surface area contributed by atoms with Crippen molar-refractivity contribution in [2.24, 2.45) is 0 Å². The van der Waals surface area contributed by atoms with Crippen LogP contribution in [-0.2, 0) is 0 Å². The molecule has 3 heterocycles. The number of anilines is 1. The molecule has 2 aromatic heterocycles. The third-order valence-corrected chi connectivity index (χ3v) is 4.55. The Kier molecular flexibility index (Phi) is 3.85. The Morgan fingerprint density at radius 2 is 1.91 bits per heavy atom. The van der Waals surface area contributed by atoms with Crippen LogP contribution >= 0.6 is 0 Å². The summed E-state index contributed by atoms with van der Waals surface area (Å²) >= 11 is 0. The van der Waals surface area contributed by atoms with Crippen LogP contribution in [0.2, 0.25) is 0 Å². The molecular weight excluding hydrogens is 288 g/mol. The summed E-state index contributed by atoms with van der Waals surface area (Å²) < 4.78 is 1.89. The van der Waals surface area contributed by atoms with E-state index in [1.807, 2.05) is 22.7 Å². The predicted octanol–water partition coefficient (Wildman–Crippen LogP) is 1.54. The molecule has 1 aliphatic heterocycles. The van der Waals surface area contributed by atoms with Crippen LogP contribution in [0.5, 0.6) is 0 Å². The molecule has 0 saturated carbocycles. The number of hydrogen-bond donors (Lipinski definition) is 1. The molecule has 0 atom stereocenters. The van der Waals surface area contributed by atoms with E-state index in [0.29, 0.717) is 0 Å². The Bertz CT molecular complexity index is 803. The van der Waals surface area contributed by atoms with Crippen LogP contribution in [0.25, 0.3) is 16.6 Å². The van der Waals surface area contributed by atoms with Crippen molar-refractivity contribution in [3.05, 3.63) is 36.5 Å². The molecule has 0 aliphatic carbocycles. The molecule has 1 saturated heterocycles. The van der Waals surface area contributed by atoms with Gasteiger partial charge in [-0.2, -0.15) is 5.10 Å². The summed E-state index contributed by atoms with van der Waals surface area (Å²) in [6.07, 6.45) is 1.79. The number of likely N-dealkylation sites (N-methyl/N-ethyl adjacent to an activating group) is 1. The van der Waals surface area contributed by atoms with Crippen molar-refractivity contribution in [2.45, 2.75) is 0 Å². The van der Waals surface area contributed by atoms with Crippen LogP contribution in [0.1, 0.15) is 0 Å². The van der Waals surface area contributed by atoms with E-state index in [4.69, 9.17) is 4.98 Å². The second-order valence-corrected chi connectivity index (χ2v) is 6.15. The quantitative estimate of drug-likeness (QED) is 0.792. The van der Waals surface area contributed by atoms with Crippen molar-refractivity contribution in [2.75, 3.05) is 51.6 Å². The zero-order chi connectivity index (χ0) is 15.6. The van der Waals surface area contributed by atoms with Crippen LogP contribution < -0.4 is 5.32 Å². The average Bonchev–Trinajstić information content (AvgIpc) is 3.05. The van der Waals surface area contributed by atoms with E-state index in [-0.39, 0.29) is 0 Å². The first-order valence-electron chi connectivity index (χ1n) is 8.18. The first-order valence-corrected chi connectivity index (χ1v) is 8.18. The molecule has 1 aromatic carbocycles. The highest BCUT2D eigenvalue weighted by Crippen LogP contribution is 2.22. The van der Waals surface area contributed by atoms with Crippen LogP contribution in [0.15, 0.2) is 36.5 Å². The van der Waals surface area contributed by atoms with Crippen molar-refractivity contribution in [1.82, 2.24) is 24.4 Å². The Balaban J connectivity index is 1.51. The Hall–Kier alpha value is -2.18. The smallest absolute Gasteiger partial charge is 0.158 e. The van der Waals surface area contributed by atoms with Gasteiger partial charge in [0.1, 0.15) is 5.82 Å². The lowest BCUT2D eigenvalue weighted by Gasteiger charge is -2.32. The first-order chi connectivity index (χ1) is 11.3. The largest absolute Gasteiger partial charge is 0.368 e. The lowest BCUT2D eigenvalue weighted by Crippen LogP contribution is -2.45. The van der Waals surface area contributed by atoms with Crippen molar-refractivity contribution < 1.29 is 0 Å². The number of nitrogens with one attached hydrogen (secondary N) is 1. The van der Waals surface area contributed by atoms with E-state index in [0.717, 1.165) is 61.6 Å². The summed E-state index contributed by atoms with van der Waals surface area (Å²) in [5.74, 6) is 0.947. The van der Waals surface area contributed by atoms with Gasteiger partial charge >= 0.3 is 0 Å². The number of rotatable bonds is 4. The van der Waals surface area contributed by atoms with Gasteiger partial charge in [-0.1, -0.05) is 12.1 Å². The van der Waals surface area contributed by atoms with Gasteiger partial charge in [-0.15, -0.1) is 0 Å². The maximum atomic E-state index is 4.72. The van der Waals surface area contributed by atoms with E-state index in [2.05, 4.69) is 39.4 Å². The lowest BCUT2D eigenvalue weighted by atomic mass is 10.2. The number of benzene rings is 1. The zero-order valence-electron chi connectivity index (χ0n) is 13.4. The monoisotopic (exact) mass is 310 g/mol. The summed E-state index contributed by atoms with van der Waals surface area (Å²) in [4.78, 5) is 9.61. The van der Waals surface area contributed by atoms with Gasteiger partial charge in [-0.25, -0.2) is 9.50 Å². The fraction of sp³-hybridized carbons (Fsp3) is 0.412. The maximum absolute atomic E-state index is 4.72. The van der Waals surface area contributed by atoms with Gasteiger partial charge in [-0.05, 0) is 19.2 Å². The highest BCUT2D eigenvalue weighted by Gasteiger charge is 2.13. The number of aromatic nitrogens is 3. The van der Waals surface area contributed by atoms with Gasteiger partial charge in [0.25, 0.3) is 0 Å². The van der Waals surface area contributed by atoms with E-state index < -0.39 is 0 Å². The fourth-order valence-corrected chi connectivity index (χ4v) is 3.14. The molecule has 4 rings (SSSR count). The van der Waals surface area contributed by atoms with E-state index in [1.165, 1.54) is 0 Å². The van der Waals surface area contributed by atoms with Crippen LogP contribution in [0.3, 0.4) is 0 Å². The summed E-state index contributed by atoms with van der Waals surface area (Å²) in [5, 5.41) is 9.00. The van der Waals surface area contributed by atoms with Gasteiger partial charge in [0.05, 0.1) is 11.7 Å². The highest BCUT2D eigenvalue weighted by molar-refractivity contribution is 5.91. The highest BCUT2D eigenvalue weighted by atomic mass is 15.3. The molecule has 3 aromatic rings. The average molecular weight is 310 g/mol. The minimum absolute atomic E-state index is 0.880. The number of fused-ring (bicyclic) bond motifs is 3. The molecular formula is C17H22N6. The Morgan fingerprint density at radius 1 is 1.09 bits per heavy atom. The third kappa shape index (κ3) is 2.87. The van der Waals surface area contributed by atoms with Crippen molar-refractivity contribution >= 4 is 22.4 Å². The molecule has 0 unspecified atom stereocenters. The van der Waals surface area contributed by atoms with E-state index in [1.54, 1.807) is 6.20 Å². The standard InChI is InChI=1S/C17H22N6/c1-21-10-12-22(13-11-21)9-8-18-17-14-4-2-3-5-15(14)23-16(20-17)6-7-19-23/h2-7H,8-13H2,1H3,(H,18,20). The lowest BCUT2D eigenvalue weighted by molar-refractivity contribution is 0.158. The van der Waals surface area contributed by atoms with Crippen molar-refractivity contribution in [1.29, 1.82) is 0 Å². The summed E-state index contributed by atoms with van der Waals surface area (Å²) in [7, 11) is 2.19. The van der Waals surface area contributed by atoms with Gasteiger partial charge < -0.3 is 10.2 Å². The van der Waals surface area contributed by atoms with Crippen LogP contribution in [-0.4, -0.2) is 70.7 Å². The molecule has 6 heteroatoms.